The number of aromatic hydroxyl groups is 1. The van der Waals surface area contributed by atoms with Crippen molar-refractivity contribution in [3.8, 4) is 11.8 Å². The van der Waals surface area contributed by atoms with E-state index in [0.29, 0.717) is 51.3 Å². The summed E-state index contributed by atoms with van der Waals surface area (Å²) in [5.74, 6) is -0.352. The number of aromatic nitrogens is 4. The lowest BCUT2D eigenvalue weighted by atomic mass is 9.89. The monoisotopic (exact) mass is 603 g/mol. The zero-order valence-electron chi connectivity index (χ0n) is 25.6. The van der Waals surface area contributed by atoms with Gasteiger partial charge >= 0.3 is 12.1 Å². The number of carboxylic acids is 1. The Kier molecular flexibility index (Phi) is 9.53. The number of fused-ring (bicyclic) bond motifs is 1. The second-order valence-electron chi connectivity index (χ2n) is 12.3. The molecule has 44 heavy (non-hydrogen) atoms. The van der Waals surface area contributed by atoms with Gasteiger partial charge in [-0.05, 0) is 82.6 Å². The van der Waals surface area contributed by atoms with E-state index in [1.165, 1.54) is 4.68 Å². The van der Waals surface area contributed by atoms with Crippen LogP contribution in [0.2, 0.25) is 0 Å². The highest BCUT2D eigenvalue weighted by atomic mass is 16.6. The number of carboxylic acid groups (broad SMARTS) is 1. The second kappa shape index (κ2) is 13.5. The van der Waals surface area contributed by atoms with E-state index in [2.05, 4.69) is 34.2 Å². The molecule has 5 rings (SSSR count). The molecule has 0 spiro atoms. The number of aliphatic carboxylic acids is 1. The van der Waals surface area contributed by atoms with Gasteiger partial charge in [-0.1, -0.05) is 36.4 Å². The highest BCUT2D eigenvalue weighted by Crippen LogP contribution is 2.36. The van der Waals surface area contributed by atoms with Crippen LogP contribution in [-0.2, 0) is 33.5 Å². The number of benzene rings is 2. The summed E-state index contributed by atoms with van der Waals surface area (Å²) in [5, 5.41) is 25.1. The van der Waals surface area contributed by atoms with E-state index in [-0.39, 0.29) is 24.5 Å². The van der Waals surface area contributed by atoms with Crippen LogP contribution in [0.15, 0.2) is 48.5 Å². The van der Waals surface area contributed by atoms with Crippen molar-refractivity contribution in [3.05, 3.63) is 70.9 Å². The van der Waals surface area contributed by atoms with Gasteiger partial charge in [0.1, 0.15) is 12.2 Å². The van der Waals surface area contributed by atoms with Crippen LogP contribution in [0.5, 0.6) is 5.88 Å². The number of imidazole rings is 1. The number of hydrogen-bond acceptors (Lipinski definition) is 7. The van der Waals surface area contributed by atoms with Crippen LogP contribution in [0.4, 0.5) is 4.79 Å². The SMILES string of the molecule is CC(C)(C)OC(=O)N1CCC(c2nn(-c3nc4ccccc4[nH]3)c(O)c2CCc2ccc(CCCOCC(=O)O)cc2)CC1. The summed E-state index contributed by atoms with van der Waals surface area (Å²) in [5.41, 5.74) is 5.03. The van der Waals surface area contributed by atoms with Gasteiger partial charge in [-0.25, -0.2) is 14.6 Å². The normalized spacial score (nSPS) is 14.3. The van der Waals surface area contributed by atoms with E-state index in [1.807, 2.05) is 45.0 Å². The average Bonchev–Trinajstić information content (AvgIpc) is 3.56. The number of para-hydroxylation sites is 2. The van der Waals surface area contributed by atoms with Crippen LogP contribution >= 0.6 is 0 Å². The van der Waals surface area contributed by atoms with Gasteiger partial charge < -0.3 is 29.6 Å². The Morgan fingerprint density at radius 2 is 1.68 bits per heavy atom. The number of likely N-dealkylation sites (tertiary alicyclic amines) is 1. The molecule has 1 aliphatic heterocycles. The Morgan fingerprint density at radius 3 is 2.34 bits per heavy atom. The summed E-state index contributed by atoms with van der Waals surface area (Å²) >= 11 is 0. The summed E-state index contributed by atoms with van der Waals surface area (Å²) in [6.45, 7) is 6.84. The first-order valence-corrected chi connectivity index (χ1v) is 15.2. The minimum atomic E-state index is -0.960. The minimum Gasteiger partial charge on any atom is -0.493 e. The Morgan fingerprint density at radius 1 is 1.00 bits per heavy atom. The van der Waals surface area contributed by atoms with Crippen molar-refractivity contribution in [1.82, 2.24) is 24.6 Å². The molecule has 3 heterocycles. The first kappa shape index (κ1) is 31.1. The van der Waals surface area contributed by atoms with Crippen LogP contribution in [0.1, 0.15) is 68.3 Å². The highest BCUT2D eigenvalue weighted by Gasteiger charge is 2.32. The van der Waals surface area contributed by atoms with E-state index in [0.717, 1.165) is 46.3 Å². The molecular formula is C33H41N5O6. The van der Waals surface area contributed by atoms with Crippen LogP contribution in [0.3, 0.4) is 0 Å². The molecule has 234 valence electrons. The molecule has 0 bridgehead atoms. The van der Waals surface area contributed by atoms with Crippen LogP contribution in [-0.4, -0.2) is 78.8 Å². The smallest absolute Gasteiger partial charge is 0.410 e. The van der Waals surface area contributed by atoms with Gasteiger partial charge in [0.2, 0.25) is 11.8 Å². The zero-order chi connectivity index (χ0) is 31.3. The zero-order valence-corrected chi connectivity index (χ0v) is 25.6. The van der Waals surface area contributed by atoms with Crippen molar-refractivity contribution in [2.45, 2.75) is 70.8 Å². The lowest BCUT2D eigenvalue weighted by molar-refractivity contribution is -0.142. The summed E-state index contributed by atoms with van der Waals surface area (Å²) < 4.78 is 12.2. The van der Waals surface area contributed by atoms with Crippen molar-refractivity contribution in [3.63, 3.8) is 0 Å². The molecule has 3 N–H and O–H groups in total. The maximum Gasteiger partial charge on any atom is 0.410 e. The number of piperidine rings is 1. The summed E-state index contributed by atoms with van der Waals surface area (Å²) in [6.07, 6.45) is 3.99. The van der Waals surface area contributed by atoms with E-state index >= 15 is 0 Å². The number of ether oxygens (including phenoxy) is 2. The van der Waals surface area contributed by atoms with Crippen molar-refractivity contribution in [1.29, 1.82) is 0 Å². The molecule has 0 unspecified atom stereocenters. The predicted molar refractivity (Wildman–Crippen MR) is 165 cm³/mol. The van der Waals surface area contributed by atoms with Crippen molar-refractivity contribution >= 4 is 23.1 Å². The standard InChI is InChI=1S/C33H41N5O6/c1-33(2,3)44-32(42)37-18-16-24(17-19-37)29-25(30(41)38(36-29)31-34-26-8-4-5-9-27(26)35-31)15-14-23-12-10-22(11-13-23)7-6-20-43-21-28(39)40/h4-5,8-13,24,41H,6-7,14-21H2,1-3H3,(H,34,35)(H,39,40). The Balaban J connectivity index is 1.31. The number of nitrogens with zero attached hydrogens (tertiary/aromatic N) is 4. The first-order chi connectivity index (χ1) is 21.1. The quantitative estimate of drug-likeness (QED) is 0.194. The molecule has 1 saturated heterocycles. The highest BCUT2D eigenvalue weighted by molar-refractivity contribution is 5.76. The molecule has 0 aliphatic carbocycles. The summed E-state index contributed by atoms with van der Waals surface area (Å²) in [4.78, 5) is 32.9. The number of amides is 1. The molecule has 1 amide bonds. The van der Waals surface area contributed by atoms with Gasteiger partial charge in [-0.3, -0.25) is 0 Å². The third kappa shape index (κ3) is 7.76. The molecule has 0 saturated carbocycles. The first-order valence-electron chi connectivity index (χ1n) is 15.2. The number of nitrogens with one attached hydrogen (secondary N) is 1. The number of carbonyl (C=O) groups is 2. The Bertz CT molecular complexity index is 1550. The molecule has 2 aromatic heterocycles. The van der Waals surface area contributed by atoms with Gasteiger partial charge in [0.25, 0.3) is 0 Å². The second-order valence-corrected chi connectivity index (χ2v) is 12.3. The number of H-pyrrole nitrogens is 1. The predicted octanol–water partition coefficient (Wildman–Crippen LogP) is 5.39. The van der Waals surface area contributed by atoms with E-state index in [9.17, 15) is 14.7 Å². The van der Waals surface area contributed by atoms with Crippen LogP contribution < -0.4 is 0 Å². The number of aryl methyl sites for hydroxylation is 2. The van der Waals surface area contributed by atoms with E-state index in [1.54, 1.807) is 4.90 Å². The summed E-state index contributed by atoms with van der Waals surface area (Å²) in [7, 11) is 0. The van der Waals surface area contributed by atoms with E-state index < -0.39 is 11.6 Å². The third-order valence-corrected chi connectivity index (χ3v) is 7.76. The fourth-order valence-corrected chi connectivity index (χ4v) is 5.55. The molecule has 0 atom stereocenters. The fourth-order valence-electron chi connectivity index (χ4n) is 5.55. The van der Waals surface area contributed by atoms with Gasteiger partial charge in [0.05, 0.1) is 16.7 Å². The summed E-state index contributed by atoms with van der Waals surface area (Å²) in [6, 6.07) is 16.0. The maximum absolute atomic E-state index is 12.7. The van der Waals surface area contributed by atoms with Crippen LogP contribution in [0, 0.1) is 0 Å². The molecule has 2 aromatic carbocycles. The Hall–Kier alpha value is -4.38. The van der Waals surface area contributed by atoms with Crippen molar-refractivity contribution in [2.75, 3.05) is 26.3 Å². The lowest BCUT2D eigenvalue weighted by Gasteiger charge is -2.33. The van der Waals surface area contributed by atoms with Gasteiger partial charge in [0.15, 0.2) is 0 Å². The minimum absolute atomic E-state index is 0.0749. The largest absolute Gasteiger partial charge is 0.493 e. The molecule has 4 aromatic rings. The molecule has 0 radical (unpaired) electrons. The molecular weight excluding hydrogens is 562 g/mol. The number of carbonyl (C=O) groups excluding carboxylic acids is 1. The number of rotatable bonds is 11. The van der Waals surface area contributed by atoms with Gasteiger partial charge in [-0.15, -0.1) is 0 Å². The molecule has 11 heteroatoms. The molecule has 1 fully saturated rings. The maximum atomic E-state index is 12.7. The molecule has 11 nitrogen and oxygen atoms in total. The Labute approximate surface area is 256 Å². The molecule has 1 aliphatic rings. The van der Waals surface area contributed by atoms with Gasteiger partial charge in [0, 0.05) is 31.2 Å². The van der Waals surface area contributed by atoms with Gasteiger partial charge in [-0.2, -0.15) is 9.78 Å². The van der Waals surface area contributed by atoms with Crippen molar-refractivity contribution < 1.29 is 29.3 Å². The van der Waals surface area contributed by atoms with Crippen LogP contribution in [0.25, 0.3) is 17.0 Å². The third-order valence-electron chi connectivity index (χ3n) is 7.76. The van der Waals surface area contributed by atoms with E-state index in [4.69, 9.17) is 19.7 Å². The lowest BCUT2D eigenvalue weighted by Crippen LogP contribution is -2.41. The fraction of sp³-hybridized carbons (Fsp3) is 0.455. The number of hydrogen-bond donors (Lipinski definition) is 3. The topological polar surface area (TPSA) is 143 Å². The number of aromatic amines is 1. The van der Waals surface area contributed by atoms with Crippen molar-refractivity contribution in [2.24, 2.45) is 0 Å². The average molecular weight is 604 g/mol.